The monoisotopic (exact) mass is 355 g/mol. The highest BCUT2D eigenvalue weighted by molar-refractivity contribution is 6.59. The highest BCUT2D eigenvalue weighted by atomic mass is 28.3. The molecule has 1 radical (unpaired) electrons. The lowest BCUT2D eigenvalue weighted by Crippen LogP contribution is -2.20. The molecule has 1 aliphatic heterocycles. The summed E-state index contributed by atoms with van der Waals surface area (Å²) in [4.78, 5) is 0. The van der Waals surface area contributed by atoms with Gasteiger partial charge in [0, 0.05) is 14.4 Å². The van der Waals surface area contributed by atoms with Gasteiger partial charge in [-0.25, -0.2) is 4.39 Å². The Morgan fingerprint density at radius 2 is 1.76 bits per heavy atom. The topological polar surface area (TPSA) is 9.23 Å². The first-order valence-electron chi connectivity index (χ1n) is 9.57. The lowest BCUT2D eigenvalue weighted by atomic mass is 9.91. The summed E-state index contributed by atoms with van der Waals surface area (Å²) in [6.07, 6.45) is 3.82. The minimum Gasteiger partial charge on any atom is -0.494 e. The van der Waals surface area contributed by atoms with Crippen molar-refractivity contribution in [2.45, 2.75) is 57.2 Å². The summed E-state index contributed by atoms with van der Waals surface area (Å²) in [7, 11) is -0.113. The van der Waals surface area contributed by atoms with Gasteiger partial charge in [0.05, 0.1) is 6.61 Å². The summed E-state index contributed by atoms with van der Waals surface area (Å²) in [5, 5.41) is 0. The number of rotatable bonds is 6. The van der Waals surface area contributed by atoms with Crippen LogP contribution in [0.1, 0.15) is 44.6 Å². The third kappa shape index (κ3) is 4.52. The molecule has 0 N–H and O–H groups in total. The molecule has 0 aromatic heterocycles. The second-order valence-electron chi connectivity index (χ2n) is 6.97. The minimum absolute atomic E-state index is 0.105. The fourth-order valence-electron chi connectivity index (χ4n) is 3.88. The summed E-state index contributed by atoms with van der Waals surface area (Å²) in [5.74, 6) is 1.27. The summed E-state index contributed by atoms with van der Waals surface area (Å²) in [5.41, 5.74) is 2.77. The van der Waals surface area contributed by atoms with Crippen molar-refractivity contribution in [1.29, 1.82) is 0 Å². The van der Waals surface area contributed by atoms with Crippen LogP contribution in [0.2, 0.25) is 18.1 Å². The Kier molecular flexibility index (Phi) is 6.30. The number of ether oxygens (including phenoxy) is 1. The van der Waals surface area contributed by atoms with Gasteiger partial charge in [-0.2, -0.15) is 0 Å². The van der Waals surface area contributed by atoms with E-state index in [1.165, 1.54) is 43.0 Å². The first kappa shape index (κ1) is 18.2. The number of halogens is 1. The lowest BCUT2D eigenvalue weighted by Gasteiger charge is -2.27. The Hall–Kier alpha value is -1.61. The van der Waals surface area contributed by atoms with E-state index in [1.807, 2.05) is 37.3 Å². The molecule has 25 heavy (non-hydrogen) atoms. The Balaban J connectivity index is 1.71. The highest BCUT2D eigenvalue weighted by Gasteiger charge is 2.23. The van der Waals surface area contributed by atoms with Crippen LogP contribution < -0.4 is 4.74 Å². The van der Waals surface area contributed by atoms with E-state index in [0.29, 0.717) is 18.1 Å². The maximum absolute atomic E-state index is 14.7. The second-order valence-corrected chi connectivity index (χ2v) is 9.97. The maximum Gasteiger partial charge on any atom is 0.131 e. The molecule has 0 spiro atoms. The molecule has 0 bridgehead atoms. The number of hydrogen-bond donors (Lipinski definition) is 0. The molecule has 3 rings (SSSR count). The largest absolute Gasteiger partial charge is 0.494 e. The standard InChI is InChI=1S/C22H28FOSi/c1-3-13-25-14-11-17(12-15-25)19-7-10-21(22(23)16-19)18-5-8-20(9-6-18)24-4-2/h5-10,16-17H,3-4,11-15H2,1-2H3. The molecule has 1 nitrogen and oxygen atoms in total. The van der Waals surface area contributed by atoms with Crippen LogP contribution in [-0.4, -0.2) is 15.4 Å². The first-order valence-corrected chi connectivity index (χ1v) is 11.7. The molecular weight excluding hydrogens is 327 g/mol. The van der Waals surface area contributed by atoms with Gasteiger partial charge in [0.25, 0.3) is 0 Å². The van der Waals surface area contributed by atoms with Gasteiger partial charge in [-0.1, -0.05) is 55.7 Å². The molecule has 0 saturated carbocycles. The number of benzene rings is 2. The second kappa shape index (κ2) is 8.66. The van der Waals surface area contributed by atoms with Gasteiger partial charge < -0.3 is 4.74 Å². The summed E-state index contributed by atoms with van der Waals surface area (Å²) < 4.78 is 20.2. The van der Waals surface area contributed by atoms with Crippen LogP contribution in [0.4, 0.5) is 4.39 Å². The molecule has 0 atom stereocenters. The molecular formula is C22H28FOSi. The van der Waals surface area contributed by atoms with E-state index in [-0.39, 0.29) is 14.6 Å². The van der Waals surface area contributed by atoms with E-state index in [9.17, 15) is 4.39 Å². The van der Waals surface area contributed by atoms with Crippen molar-refractivity contribution in [2.24, 2.45) is 0 Å². The molecule has 1 aliphatic rings. The van der Waals surface area contributed by atoms with E-state index >= 15 is 0 Å². The molecule has 0 amide bonds. The van der Waals surface area contributed by atoms with E-state index in [4.69, 9.17) is 4.74 Å². The Morgan fingerprint density at radius 3 is 2.36 bits per heavy atom. The zero-order valence-electron chi connectivity index (χ0n) is 15.4. The zero-order chi connectivity index (χ0) is 17.6. The van der Waals surface area contributed by atoms with Crippen LogP contribution in [0.15, 0.2) is 42.5 Å². The third-order valence-electron chi connectivity index (χ3n) is 5.24. The van der Waals surface area contributed by atoms with Crippen LogP contribution in [-0.2, 0) is 0 Å². The normalized spacial score (nSPS) is 16.1. The molecule has 1 saturated heterocycles. The van der Waals surface area contributed by atoms with Crippen LogP contribution in [0.3, 0.4) is 0 Å². The average Bonchev–Trinajstić information content (AvgIpc) is 2.64. The highest BCUT2D eigenvalue weighted by Crippen LogP contribution is 2.36. The minimum atomic E-state index is -0.113. The van der Waals surface area contributed by atoms with Crippen molar-refractivity contribution in [3.8, 4) is 16.9 Å². The SMILES string of the molecule is CCC[Si]1CCC(c2ccc(-c3ccc(OCC)cc3)c(F)c2)CC1. The lowest BCUT2D eigenvalue weighted by molar-refractivity contribution is 0.340. The van der Waals surface area contributed by atoms with Crippen molar-refractivity contribution in [3.63, 3.8) is 0 Å². The number of hydrogen-bond acceptors (Lipinski definition) is 1. The molecule has 3 heteroatoms. The van der Waals surface area contributed by atoms with E-state index in [2.05, 4.69) is 13.0 Å². The first-order chi connectivity index (χ1) is 12.2. The fourth-order valence-corrected chi connectivity index (χ4v) is 6.85. The molecule has 2 aromatic carbocycles. The van der Waals surface area contributed by atoms with Gasteiger partial charge >= 0.3 is 0 Å². The van der Waals surface area contributed by atoms with Gasteiger partial charge in [-0.05, 0) is 55.0 Å². The summed E-state index contributed by atoms with van der Waals surface area (Å²) in [6.45, 7) is 4.90. The zero-order valence-corrected chi connectivity index (χ0v) is 16.4. The van der Waals surface area contributed by atoms with Crippen molar-refractivity contribution >= 4 is 8.80 Å². The van der Waals surface area contributed by atoms with Gasteiger partial charge in [0.15, 0.2) is 0 Å². The van der Waals surface area contributed by atoms with Crippen LogP contribution >= 0.6 is 0 Å². The van der Waals surface area contributed by atoms with Crippen LogP contribution in [0.5, 0.6) is 5.75 Å². The van der Waals surface area contributed by atoms with Crippen molar-refractivity contribution < 1.29 is 9.13 Å². The predicted octanol–water partition coefficient (Wildman–Crippen LogP) is 6.67. The average molecular weight is 356 g/mol. The Bertz CT molecular complexity index is 675. The third-order valence-corrected chi connectivity index (χ3v) is 8.44. The molecule has 1 fully saturated rings. The van der Waals surface area contributed by atoms with Crippen molar-refractivity contribution in [1.82, 2.24) is 0 Å². The molecule has 133 valence electrons. The van der Waals surface area contributed by atoms with E-state index in [0.717, 1.165) is 11.3 Å². The van der Waals surface area contributed by atoms with Crippen LogP contribution in [0, 0.1) is 5.82 Å². The maximum atomic E-state index is 14.7. The van der Waals surface area contributed by atoms with Crippen molar-refractivity contribution in [3.05, 3.63) is 53.8 Å². The quantitative estimate of drug-likeness (QED) is 0.526. The Morgan fingerprint density at radius 1 is 1.04 bits per heavy atom. The van der Waals surface area contributed by atoms with Crippen LogP contribution in [0.25, 0.3) is 11.1 Å². The Labute approximate surface area is 152 Å². The molecule has 0 unspecified atom stereocenters. The van der Waals surface area contributed by atoms with E-state index in [1.54, 1.807) is 6.07 Å². The van der Waals surface area contributed by atoms with E-state index < -0.39 is 0 Å². The van der Waals surface area contributed by atoms with Gasteiger partial charge in [0.1, 0.15) is 11.6 Å². The molecule has 2 aromatic rings. The van der Waals surface area contributed by atoms with Crippen molar-refractivity contribution in [2.75, 3.05) is 6.61 Å². The van der Waals surface area contributed by atoms with Gasteiger partial charge in [-0.15, -0.1) is 0 Å². The van der Waals surface area contributed by atoms with Gasteiger partial charge in [0.2, 0.25) is 0 Å². The summed E-state index contributed by atoms with van der Waals surface area (Å²) in [6, 6.07) is 17.8. The summed E-state index contributed by atoms with van der Waals surface area (Å²) >= 11 is 0. The molecule has 0 aliphatic carbocycles. The smallest absolute Gasteiger partial charge is 0.131 e. The van der Waals surface area contributed by atoms with Gasteiger partial charge in [-0.3, -0.25) is 0 Å². The fraction of sp³-hybridized carbons (Fsp3) is 0.455. The molecule has 1 heterocycles. The predicted molar refractivity (Wildman–Crippen MR) is 105 cm³/mol.